The number of hydrogen-bond acceptors (Lipinski definition) is 6. The number of carbonyl (C=O) groups excluding carboxylic acids is 1. The smallest absolute Gasteiger partial charge is 0.280 e. The average Bonchev–Trinajstić information content (AvgIpc) is 3.60. The summed E-state index contributed by atoms with van der Waals surface area (Å²) < 4.78 is 39.4. The van der Waals surface area contributed by atoms with Crippen molar-refractivity contribution in [3.63, 3.8) is 0 Å². The molecule has 1 saturated carbocycles. The van der Waals surface area contributed by atoms with Gasteiger partial charge in [-0.05, 0) is 25.0 Å². The number of aromatic nitrogens is 3. The normalized spacial score (nSPS) is 17.1. The maximum atomic E-state index is 13.0. The summed E-state index contributed by atoms with van der Waals surface area (Å²) in [5, 5.41) is 0. The van der Waals surface area contributed by atoms with E-state index in [0.717, 1.165) is 43.8 Å². The number of imidazole rings is 1. The Morgan fingerprint density at radius 2 is 2.00 bits per heavy atom. The molecule has 0 atom stereocenters. The Morgan fingerprint density at radius 3 is 2.76 bits per heavy atom. The highest BCUT2D eigenvalue weighted by Gasteiger charge is 2.26. The van der Waals surface area contributed by atoms with Crippen molar-refractivity contribution in [2.75, 3.05) is 39.5 Å². The van der Waals surface area contributed by atoms with Gasteiger partial charge in [-0.25, -0.2) is 18.7 Å². The lowest BCUT2D eigenvalue weighted by atomic mass is 10.1. The van der Waals surface area contributed by atoms with Gasteiger partial charge in [0, 0.05) is 56.0 Å². The number of halogens is 2. The molecule has 0 spiro atoms. The third-order valence-corrected chi connectivity index (χ3v) is 6.05. The van der Waals surface area contributed by atoms with E-state index in [-0.39, 0.29) is 17.9 Å². The van der Waals surface area contributed by atoms with E-state index in [1.807, 2.05) is 22.9 Å². The van der Waals surface area contributed by atoms with Gasteiger partial charge in [-0.15, -0.1) is 0 Å². The monoisotopic (exact) mass is 456 g/mol. The molecule has 2 fully saturated rings. The lowest BCUT2D eigenvalue weighted by Gasteiger charge is -2.26. The number of hydrogen-bond donors (Lipinski definition) is 0. The molecule has 0 amide bonds. The fourth-order valence-corrected chi connectivity index (χ4v) is 4.02. The molecular formula is C24H26F2N4O3. The van der Waals surface area contributed by atoms with Crippen molar-refractivity contribution < 1.29 is 23.0 Å². The zero-order valence-electron chi connectivity index (χ0n) is 18.3. The van der Waals surface area contributed by atoms with Crippen molar-refractivity contribution in [3.05, 3.63) is 59.3 Å². The van der Waals surface area contributed by atoms with Crippen LogP contribution in [0.25, 0.3) is 5.65 Å². The van der Waals surface area contributed by atoms with Crippen molar-refractivity contribution in [2.24, 2.45) is 0 Å². The molecule has 1 aliphatic carbocycles. The Balaban J connectivity index is 1.37. The second-order valence-corrected chi connectivity index (χ2v) is 8.52. The molecule has 0 aromatic carbocycles. The van der Waals surface area contributed by atoms with E-state index in [2.05, 4.69) is 9.88 Å². The van der Waals surface area contributed by atoms with Gasteiger partial charge in [-0.1, -0.05) is 6.07 Å². The summed E-state index contributed by atoms with van der Waals surface area (Å²) in [5.41, 5.74) is 2.12. The van der Waals surface area contributed by atoms with Crippen LogP contribution in [0.1, 0.15) is 52.6 Å². The molecule has 3 aromatic heterocycles. The number of morpholine rings is 1. The molecule has 5 rings (SSSR count). The van der Waals surface area contributed by atoms with E-state index in [4.69, 9.17) is 14.5 Å². The van der Waals surface area contributed by atoms with Crippen molar-refractivity contribution in [1.29, 1.82) is 0 Å². The lowest BCUT2D eigenvalue weighted by molar-refractivity contribution is 0.0322. The summed E-state index contributed by atoms with van der Waals surface area (Å²) in [5.74, 6) is 0.751. The lowest BCUT2D eigenvalue weighted by Crippen LogP contribution is -2.38. The highest BCUT2D eigenvalue weighted by atomic mass is 19.3. The quantitative estimate of drug-likeness (QED) is 0.458. The molecule has 7 nitrogen and oxygen atoms in total. The Kier molecular flexibility index (Phi) is 6.32. The van der Waals surface area contributed by atoms with E-state index in [1.165, 1.54) is 18.2 Å². The second kappa shape index (κ2) is 9.52. The fraction of sp³-hybridized carbons (Fsp3) is 0.458. The summed E-state index contributed by atoms with van der Waals surface area (Å²) in [6.07, 6.45) is 3.41. The topological polar surface area (TPSA) is 69.0 Å². The number of carbonyl (C=O) groups is 1. The van der Waals surface area contributed by atoms with Crippen LogP contribution in [-0.2, 0) is 11.2 Å². The number of ether oxygens (including phenoxy) is 2. The number of rotatable bonds is 9. The number of nitrogens with zero attached hydrogens (tertiary/aromatic N) is 4. The van der Waals surface area contributed by atoms with E-state index in [9.17, 15) is 13.6 Å². The van der Waals surface area contributed by atoms with Crippen molar-refractivity contribution in [1.82, 2.24) is 19.3 Å². The summed E-state index contributed by atoms with van der Waals surface area (Å²) >= 11 is 0. The SMILES string of the molecule is O=C(Cc1cn2cc(C3CC3)nc2cc1OCCN1CCOCC1)c1cccc(C(F)F)n1. The minimum atomic E-state index is -2.72. The molecule has 1 aliphatic heterocycles. The number of fused-ring (bicyclic) bond motifs is 1. The predicted octanol–water partition coefficient (Wildman–Crippen LogP) is 3.68. The third-order valence-electron chi connectivity index (χ3n) is 6.05. The maximum Gasteiger partial charge on any atom is 0.280 e. The Morgan fingerprint density at radius 1 is 1.18 bits per heavy atom. The first kappa shape index (κ1) is 21.9. The van der Waals surface area contributed by atoms with Crippen LogP contribution in [-0.4, -0.2) is 64.5 Å². The summed E-state index contributed by atoms with van der Waals surface area (Å²) in [4.78, 5) is 23.7. The average molecular weight is 456 g/mol. The maximum absolute atomic E-state index is 13.0. The molecule has 0 bridgehead atoms. The van der Waals surface area contributed by atoms with Crippen molar-refractivity contribution in [3.8, 4) is 5.75 Å². The van der Waals surface area contributed by atoms with Crippen LogP contribution in [0.5, 0.6) is 5.75 Å². The van der Waals surface area contributed by atoms with Crippen LogP contribution < -0.4 is 4.74 Å². The van der Waals surface area contributed by atoms with E-state index < -0.39 is 12.1 Å². The summed E-state index contributed by atoms with van der Waals surface area (Å²) in [6, 6.07) is 5.98. The van der Waals surface area contributed by atoms with Crippen LogP contribution in [0.15, 0.2) is 36.7 Å². The van der Waals surface area contributed by atoms with E-state index >= 15 is 0 Å². The van der Waals surface area contributed by atoms with Gasteiger partial charge in [-0.2, -0.15) is 0 Å². The van der Waals surface area contributed by atoms with Gasteiger partial charge in [0.15, 0.2) is 5.78 Å². The Bertz CT molecular complexity index is 1140. The highest BCUT2D eigenvalue weighted by molar-refractivity contribution is 5.96. The van der Waals surface area contributed by atoms with Gasteiger partial charge in [-0.3, -0.25) is 9.69 Å². The third kappa shape index (κ3) is 5.20. The van der Waals surface area contributed by atoms with Crippen LogP contribution in [0.3, 0.4) is 0 Å². The Hall–Kier alpha value is -2.91. The Labute approximate surface area is 190 Å². The molecule has 33 heavy (non-hydrogen) atoms. The molecule has 0 unspecified atom stereocenters. The van der Waals surface area contributed by atoms with Gasteiger partial charge in [0.25, 0.3) is 6.43 Å². The number of pyridine rings is 2. The van der Waals surface area contributed by atoms with Gasteiger partial charge < -0.3 is 13.9 Å². The zero-order chi connectivity index (χ0) is 22.8. The minimum absolute atomic E-state index is 0.000535. The predicted molar refractivity (Wildman–Crippen MR) is 117 cm³/mol. The number of alkyl halides is 2. The molecule has 1 saturated heterocycles. The van der Waals surface area contributed by atoms with E-state index in [0.29, 0.717) is 37.1 Å². The van der Waals surface area contributed by atoms with Gasteiger partial charge in [0.1, 0.15) is 29.4 Å². The van der Waals surface area contributed by atoms with Crippen molar-refractivity contribution in [2.45, 2.75) is 31.6 Å². The van der Waals surface area contributed by atoms with Gasteiger partial charge in [0.05, 0.1) is 18.9 Å². The van der Waals surface area contributed by atoms with Crippen LogP contribution in [0.2, 0.25) is 0 Å². The van der Waals surface area contributed by atoms with Gasteiger partial charge >= 0.3 is 0 Å². The number of ketones is 1. The second-order valence-electron chi connectivity index (χ2n) is 8.52. The standard InChI is InChI=1S/C24H26F2N4O3/c25-24(26)19-3-1-2-18(27-19)21(31)12-17-14-30-15-20(16-4-5-16)28-23(30)13-22(17)33-11-8-29-6-9-32-10-7-29/h1-3,13-16,24H,4-12H2. The first-order valence-corrected chi connectivity index (χ1v) is 11.3. The molecule has 0 radical (unpaired) electrons. The van der Waals surface area contributed by atoms with E-state index in [1.54, 1.807) is 0 Å². The number of Topliss-reactive ketones (excluding diaryl/α,β-unsaturated/α-hetero) is 1. The molecular weight excluding hydrogens is 430 g/mol. The van der Waals surface area contributed by atoms with Crippen molar-refractivity contribution >= 4 is 11.4 Å². The molecule has 2 aliphatic rings. The first-order valence-electron chi connectivity index (χ1n) is 11.3. The zero-order valence-corrected chi connectivity index (χ0v) is 18.3. The highest BCUT2D eigenvalue weighted by Crippen LogP contribution is 2.39. The fourth-order valence-electron chi connectivity index (χ4n) is 4.02. The summed E-state index contributed by atoms with van der Waals surface area (Å²) in [6.45, 7) is 4.38. The molecule has 174 valence electrons. The minimum Gasteiger partial charge on any atom is -0.492 e. The molecule has 4 heterocycles. The van der Waals surface area contributed by atoms with Crippen LogP contribution in [0.4, 0.5) is 8.78 Å². The van der Waals surface area contributed by atoms with Crippen LogP contribution in [0, 0.1) is 0 Å². The first-order chi connectivity index (χ1) is 16.1. The largest absolute Gasteiger partial charge is 0.492 e. The molecule has 3 aromatic rings. The van der Waals surface area contributed by atoms with Crippen LogP contribution >= 0.6 is 0 Å². The summed E-state index contributed by atoms with van der Waals surface area (Å²) in [7, 11) is 0. The molecule has 9 heteroatoms. The van der Waals surface area contributed by atoms with Gasteiger partial charge in [0.2, 0.25) is 0 Å². The molecule has 0 N–H and O–H groups in total.